The predicted octanol–water partition coefficient (Wildman–Crippen LogP) is 1.91. The molecule has 110 valence electrons. The lowest BCUT2D eigenvalue weighted by atomic mass is 10.1. The summed E-state index contributed by atoms with van der Waals surface area (Å²) in [5.74, 6) is -1.42. The lowest BCUT2D eigenvalue weighted by Gasteiger charge is -2.17. The number of carboxylic acid groups (broad SMARTS) is 1. The number of halogens is 1. The summed E-state index contributed by atoms with van der Waals surface area (Å²) in [6.45, 7) is 0.225. The van der Waals surface area contributed by atoms with Gasteiger partial charge in [0.05, 0.1) is 17.8 Å². The fourth-order valence-corrected chi connectivity index (χ4v) is 1.69. The van der Waals surface area contributed by atoms with Gasteiger partial charge in [0, 0.05) is 19.4 Å². The summed E-state index contributed by atoms with van der Waals surface area (Å²) in [5.41, 5.74) is -0.282. The highest BCUT2D eigenvalue weighted by Gasteiger charge is 2.16. The number of benzene rings is 1. The molecule has 8 heteroatoms. The molecule has 0 bridgehead atoms. The number of amides is 2. The molecule has 0 atom stereocenters. The standard InChI is InChI=1S/C13H13FN4O3/c1-18(7-11-15-4-5-16-11)13(21)17-10-3-2-8(14)6-9(10)12(19)20/h2-6H,7H2,1H3,(H,15,16)(H,17,21)(H,19,20). The molecule has 0 aliphatic heterocycles. The van der Waals surface area contributed by atoms with E-state index in [1.54, 1.807) is 12.4 Å². The zero-order chi connectivity index (χ0) is 15.4. The van der Waals surface area contributed by atoms with Gasteiger partial charge in [-0.1, -0.05) is 0 Å². The first-order valence-electron chi connectivity index (χ1n) is 6.00. The van der Waals surface area contributed by atoms with Gasteiger partial charge in [0.15, 0.2) is 0 Å². The molecule has 1 aromatic carbocycles. The number of H-pyrrole nitrogens is 1. The lowest BCUT2D eigenvalue weighted by Crippen LogP contribution is -2.31. The second-order valence-corrected chi connectivity index (χ2v) is 4.32. The molecule has 2 rings (SSSR count). The number of carbonyl (C=O) groups is 2. The SMILES string of the molecule is CN(Cc1ncc[nH]1)C(=O)Nc1ccc(F)cc1C(=O)O. The van der Waals surface area contributed by atoms with Gasteiger partial charge < -0.3 is 20.3 Å². The van der Waals surface area contributed by atoms with E-state index in [9.17, 15) is 14.0 Å². The van der Waals surface area contributed by atoms with Crippen LogP contribution in [0.4, 0.5) is 14.9 Å². The maximum absolute atomic E-state index is 13.1. The molecule has 0 aliphatic carbocycles. The van der Waals surface area contributed by atoms with Crippen molar-refractivity contribution in [1.29, 1.82) is 0 Å². The van der Waals surface area contributed by atoms with Gasteiger partial charge in [0.25, 0.3) is 0 Å². The highest BCUT2D eigenvalue weighted by molar-refractivity contribution is 5.99. The van der Waals surface area contributed by atoms with Gasteiger partial charge in [-0.25, -0.2) is 19.0 Å². The maximum atomic E-state index is 13.1. The van der Waals surface area contributed by atoms with Gasteiger partial charge in [0.1, 0.15) is 11.6 Å². The van der Waals surface area contributed by atoms with Gasteiger partial charge in [0.2, 0.25) is 0 Å². The van der Waals surface area contributed by atoms with Crippen LogP contribution < -0.4 is 5.32 Å². The Hall–Kier alpha value is -2.90. The molecule has 7 nitrogen and oxygen atoms in total. The summed E-state index contributed by atoms with van der Waals surface area (Å²) in [6.07, 6.45) is 3.19. The predicted molar refractivity (Wildman–Crippen MR) is 72.4 cm³/mol. The minimum absolute atomic E-state index is 0.0280. The van der Waals surface area contributed by atoms with Gasteiger partial charge in [-0.2, -0.15) is 0 Å². The van der Waals surface area contributed by atoms with Crippen molar-refractivity contribution in [1.82, 2.24) is 14.9 Å². The molecule has 2 aromatic rings. The minimum atomic E-state index is -1.32. The number of anilines is 1. The highest BCUT2D eigenvalue weighted by atomic mass is 19.1. The highest BCUT2D eigenvalue weighted by Crippen LogP contribution is 2.17. The first-order valence-corrected chi connectivity index (χ1v) is 6.00. The van der Waals surface area contributed by atoms with Crippen LogP contribution in [0.1, 0.15) is 16.2 Å². The summed E-state index contributed by atoms with van der Waals surface area (Å²) >= 11 is 0. The summed E-state index contributed by atoms with van der Waals surface area (Å²) in [4.78, 5) is 31.2. The molecule has 0 aliphatic rings. The molecule has 1 aromatic heterocycles. The zero-order valence-corrected chi connectivity index (χ0v) is 11.1. The van der Waals surface area contributed by atoms with E-state index in [1.165, 1.54) is 18.0 Å². The average molecular weight is 292 g/mol. The summed E-state index contributed by atoms with van der Waals surface area (Å²) in [7, 11) is 1.53. The number of nitrogens with one attached hydrogen (secondary N) is 2. The molecular formula is C13H13FN4O3. The van der Waals surface area contributed by atoms with Crippen molar-refractivity contribution < 1.29 is 19.1 Å². The van der Waals surface area contributed by atoms with Crippen molar-refractivity contribution in [3.63, 3.8) is 0 Å². The number of rotatable bonds is 4. The van der Waals surface area contributed by atoms with E-state index in [2.05, 4.69) is 15.3 Å². The van der Waals surface area contributed by atoms with Crippen molar-refractivity contribution in [2.24, 2.45) is 0 Å². The van der Waals surface area contributed by atoms with Crippen molar-refractivity contribution in [2.45, 2.75) is 6.54 Å². The van der Waals surface area contributed by atoms with Crippen LogP contribution in [0.25, 0.3) is 0 Å². The van der Waals surface area contributed by atoms with E-state index >= 15 is 0 Å². The molecule has 21 heavy (non-hydrogen) atoms. The van der Waals surface area contributed by atoms with E-state index in [-0.39, 0.29) is 17.8 Å². The Morgan fingerprint density at radius 2 is 2.24 bits per heavy atom. The van der Waals surface area contributed by atoms with Crippen molar-refractivity contribution in [2.75, 3.05) is 12.4 Å². The van der Waals surface area contributed by atoms with Crippen LogP contribution in [0.2, 0.25) is 0 Å². The number of urea groups is 1. The van der Waals surface area contributed by atoms with Gasteiger partial charge in [-0.3, -0.25) is 0 Å². The van der Waals surface area contributed by atoms with Crippen LogP contribution in [0.15, 0.2) is 30.6 Å². The van der Waals surface area contributed by atoms with Crippen molar-refractivity contribution >= 4 is 17.7 Å². The number of hydrogen-bond donors (Lipinski definition) is 3. The minimum Gasteiger partial charge on any atom is -0.478 e. The first kappa shape index (κ1) is 14.5. The third-order valence-corrected chi connectivity index (χ3v) is 2.74. The molecule has 2 amide bonds. The molecule has 0 saturated heterocycles. The van der Waals surface area contributed by atoms with E-state index in [4.69, 9.17) is 5.11 Å². The zero-order valence-electron chi connectivity index (χ0n) is 11.1. The maximum Gasteiger partial charge on any atom is 0.337 e. The Morgan fingerprint density at radius 1 is 1.48 bits per heavy atom. The number of carbonyl (C=O) groups excluding carboxylic acids is 1. The number of aromatic nitrogens is 2. The fraction of sp³-hybridized carbons (Fsp3) is 0.154. The van der Waals surface area contributed by atoms with Crippen LogP contribution in [-0.4, -0.2) is 39.0 Å². The Balaban J connectivity index is 2.10. The third-order valence-electron chi connectivity index (χ3n) is 2.74. The van der Waals surface area contributed by atoms with Crippen molar-refractivity contribution in [3.8, 4) is 0 Å². The number of nitrogens with zero attached hydrogens (tertiary/aromatic N) is 2. The van der Waals surface area contributed by atoms with Crippen LogP contribution >= 0.6 is 0 Å². The Bertz CT molecular complexity index is 657. The van der Waals surface area contributed by atoms with E-state index in [0.717, 1.165) is 12.1 Å². The molecule has 3 N–H and O–H groups in total. The smallest absolute Gasteiger partial charge is 0.337 e. The summed E-state index contributed by atoms with van der Waals surface area (Å²) in [6, 6.07) is 2.61. The molecule has 0 fully saturated rings. The fourth-order valence-electron chi connectivity index (χ4n) is 1.69. The normalized spacial score (nSPS) is 10.2. The monoisotopic (exact) mass is 292 g/mol. The number of imidazole rings is 1. The van der Waals surface area contributed by atoms with Gasteiger partial charge in [-0.15, -0.1) is 0 Å². The van der Waals surface area contributed by atoms with E-state index in [1.807, 2.05) is 0 Å². The van der Waals surface area contributed by atoms with E-state index in [0.29, 0.717) is 5.82 Å². The number of hydrogen-bond acceptors (Lipinski definition) is 3. The van der Waals surface area contributed by atoms with Crippen molar-refractivity contribution in [3.05, 3.63) is 47.8 Å². The van der Waals surface area contributed by atoms with Crippen LogP contribution in [0.5, 0.6) is 0 Å². The number of carboxylic acids is 1. The Labute approximate surface area is 119 Å². The van der Waals surface area contributed by atoms with Gasteiger partial charge >= 0.3 is 12.0 Å². The number of aromatic amines is 1. The molecule has 0 unspecified atom stereocenters. The lowest BCUT2D eigenvalue weighted by molar-refractivity contribution is 0.0697. The first-order chi connectivity index (χ1) is 9.97. The van der Waals surface area contributed by atoms with Crippen LogP contribution in [0.3, 0.4) is 0 Å². The third kappa shape index (κ3) is 3.56. The topological polar surface area (TPSA) is 98.3 Å². The molecule has 0 saturated carbocycles. The van der Waals surface area contributed by atoms with E-state index < -0.39 is 17.8 Å². The molecule has 0 radical (unpaired) electrons. The van der Waals surface area contributed by atoms with Crippen LogP contribution in [-0.2, 0) is 6.54 Å². The molecule has 1 heterocycles. The number of aromatic carboxylic acids is 1. The second kappa shape index (κ2) is 6.04. The quantitative estimate of drug-likeness (QED) is 0.801. The largest absolute Gasteiger partial charge is 0.478 e. The molecule has 0 spiro atoms. The second-order valence-electron chi connectivity index (χ2n) is 4.32. The van der Waals surface area contributed by atoms with Crippen LogP contribution in [0, 0.1) is 5.82 Å². The van der Waals surface area contributed by atoms with Gasteiger partial charge in [-0.05, 0) is 18.2 Å². The molecular weight excluding hydrogens is 279 g/mol. The Kier molecular flexibility index (Phi) is 4.17. The Morgan fingerprint density at radius 3 is 2.86 bits per heavy atom. The summed E-state index contributed by atoms with van der Waals surface area (Å²) < 4.78 is 13.1. The summed E-state index contributed by atoms with van der Waals surface area (Å²) in [5, 5.41) is 11.4. The average Bonchev–Trinajstić information content (AvgIpc) is 2.93.